The predicted octanol–water partition coefficient (Wildman–Crippen LogP) is 2.18. The van der Waals surface area contributed by atoms with Crippen LogP contribution in [0.25, 0.3) is 0 Å². The number of rotatable bonds is 2. The molecule has 0 bridgehead atoms. The Bertz CT molecular complexity index is 225. The van der Waals surface area contributed by atoms with Crippen LogP contribution in [0.4, 0.5) is 0 Å². The first-order valence-electron chi connectivity index (χ1n) is 4.10. The second-order valence-electron chi connectivity index (χ2n) is 3.48. The van der Waals surface area contributed by atoms with Gasteiger partial charge in [0.2, 0.25) is 0 Å². The minimum atomic E-state index is 0.615. The highest BCUT2D eigenvalue weighted by Crippen LogP contribution is 2.22. The van der Waals surface area contributed by atoms with Crippen molar-refractivity contribution in [3.63, 3.8) is 0 Å². The van der Waals surface area contributed by atoms with Gasteiger partial charge in [0.1, 0.15) is 0 Å². The number of aromatic nitrogens is 2. The van der Waals surface area contributed by atoms with Crippen LogP contribution in [-0.4, -0.2) is 9.78 Å². The van der Waals surface area contributed by atoms with Gasteiger partial charge in [-0.15, -0.1) is 0 Å². The number of hydrogen-bond acceptors (Lipinski definition) is 1. The highest BCUT2D eigenvalue weighted by Gasteiger charge is 2.10. The van der Waals surface area contributed by atoms with Crippen molar-refractivity contribution < 1.29 is 0 Å². The van der Waals surface area contributed by atoms with Gasteiger partial charge in [-0.05, 0) is 17.4 Å². The van der Waals surface area contributed by atoms with E-state index < -0.39 is 0 Å². The van der Waals surface area contributed by atoms with E-state index in [1.165, 1.54) is 5.56 Å². The Morgan fingerprint density at radius 3 is 2.36 bits per heavy atom. The third kappa shape index (κ3) is 1.82. The van der Waals surface area contributed by atoms with E-state index in [-0.39, 0.29) is 0 Å². The van der Waals surface area contributed by atoms with E-state index in [2.05, 4.69) is 32.1 Å². The highest BCUT2D eigenvalue weighted by molar-refractivity contribution is 5.10. The summed E-state index contributed by atoms with van der Waals surface area (Å²) in [4.78, 5) is 0. The van der Waals surface area contributed by atoms with Crippen LogP contribution in [0, 0.1) is 5.92 Å². The summed E-state index contributed by atoms with van der Waals surface area (Å²) in [5.74, 6) is 1.31. The molecule has 1 rings (SSSR count). The molecule has 0 aliphatic rings. The monoisotopic (exact) mass is 152 g/mol. The topological polar surface area (TPSA) is 17.8 Å². The Kier molecular flexibility index (Phi) is 2.32. The molecule has 0 aromatic carbocycles. The molecule has 0 spiro atoms. The number of hydrogen-bond donors (Lipinski definition) is 0. The Labute approximate surface area is 68.2 Å². The normalized spacial score (nSPS) is 13.9. The smallest absolute Gasteiger partial charge is 0.0524 e. The molecular weight excluding hydrogens is 136 g/mol. The second-order valence-corrected chi connectivity index (χ2v) is 3.48. The molecule has 0 unspecified atom stereocenters. The van der Waals surface area contributed by atoms with Gasteiger partial charge in [-0.1, -0.05) is 20.8 Å². The Hall–Kier alpha value is -0.790. The van der Waals surface area contributed by atoms with Gasteiger partial charge in [-0.3, -0.25) is 4.68 Å². The summed E-state index contributed by atoms with van der Waals surface area (Å²) in [5.41, 5.74) is 1.34. The fraction of sp³-hybridized carbons (Fsp3) is 0.667. The van der Waals surface area contributed by atoms with Crippen LogP contribution in [0.5, 0.6) is 0 Å². The molecule has 0 saturated carbocycles. The molecule has 0 aliphatic heterocycles. The summed E-state index contributed by atoms with van der Waals surface area (Å²) in [6.07, 6.45) is 4.04. The lowest BCUT2D eigenvalue weighted by atomic mass is 9.93. The van der Waals surface area contributed by atoms with E-state index in [1.807, 2.05) is 17.9 Å². The van der Waals surface area contributed by atoms with Gasteiger partial charge in [-0.2, -0.15) is 5.10 Å². The van der Waals surface area contributed by atoms with Crippen molar-refractivity contribution in [1.82, 2.24) is 9.78 Å². The molecule has 1 heterocycles. The van der Waals surface area contributed by atoms with Crippen LogP contribution in [0.15, 0.2) is 12.4 Å². The van der Waals surface area contributed by atoms with Crippen molar-refractivity contribution in [2.75, 3.05) is 0 Å². The first kappa shape index (κ1) is 8.31. The van der Waals surface area contributed by atoms with Crippen LogP contribution in [-0.2, 0) is 7.05 Å². The zero-order valence-electron chi connectivity index (χ0n) is 7.70. The Balaban J connectivity index is 2.76. The summed E-state index contributed by atoms with van der Waals surface area (Å²) < 4.78 is 1.86. The Morgan fingerprint density at radius 1 is 1.36 bits per heavy atom. The van der Waals surface area contributed by atoms with Crippen molar-refractivity contribution in [2.24, 2.45) is 13.0 Å². The Morgan fingerprint density at radius 2 is 2.00 bits per heavy atom. The van der Waals surface area contributed by atoms with E-state index in [9.17, 15) is 0 Å². The van der Waals surface area contributed by atoms with E-state index in [0.717, 1.165) is 0 Å². The fourth-order valence-corrected chi connectivity index (χ4v) is 1.06. The molecule has 0 saturated heterocycles. The average Bonchev–Trinajstić information content (AvgIpc) is 2.34. The van der Waals surface area contributed by atoms with Crippen LogP contribution >= 0.6 is 0 Å². The maximum Gasteiger partial charge on any atom is 0.0524 e. The van der Waals surface area contributed by atoms with Crippen molar-refractivity contribution in [1.29, 1.82) is 0 Å². The SMILES string of the molecule is CC(C)[C@@H](C)c1cnn(C)c1. The molecule has 0 amide bonds. The first-order valence-corrected chi connectivity index (χ1v) is 4.10. The van der Waals surface area contributed by atoms with Crippen molar-refractivity contribution >= 4 is 0 Å². The lowest BCUT2D eigenvalue weighted by Gasteiger charge is -2.12. The van der Waals surface area contributed by atoms with Crippen molar-refractivity contribution in [3.8, 4) is 0 Å². The van der Waals surface area contributed by atoms with Crippen LogP contribution in [0.2, 0.25) is 0 Å². The predicted molar refractivity (Wildman–Crippen MR) is 46.5 cm³/mol. The molecule has 0 N–H and O–H groups in total. The molecule has 0 fully saturated rings. The minimum absolute atomic E-state index is 0.615. The number of nitrogens with zero attached hydrogens (tertiary/aromatic N) is 2. The minimum Gasteiger partial charge on any atom is -0.276 e. The highest BCUT2D eigenvalue weighted by atomic mass is 15.2. The van der Waals surface area contributed by atoms with Crippen LogP contribution in [0.1, 0.15) is 32.3 Å². The van der Waals surface area contributed by atoms with Gasteiger partial charge < -0.3 is 0 Å². The van der Waals surface area contributed by atoms with Gasteiger partial charge in [0.15, 0.2) is 0 Å². The second kappa shape index (κ2) is 3.07. The quantitative estimate of drug-likeness (QED) is 0.635. The number of aryl methyl sites for hydroxylation is 1. The standard InChI is InChI=1S/C9H16N2/c1-7(2)8(3)9-5-10-11(4)6-9/h5-8H,1-4H3/t8-/m1/s1. The first-order chi connectivity index (χ1) is 5.11. The molecule has 1 aromatic rings. The van der Waals surface area contributed by atoms with E-state index in [0.29, 0.717) is 11.8 Å². The molecule has 2 nitrogen and oxygen atoms in total. The average molecular weight is 152 g/mol. The molecule has 0 radical (unpaired) electrons. The van der Waals surface area contributed by atoms with E-state index in [4.69, 9.17) is 0 Å². The summed E-state index contributed by atoms with van der Waals surface area (Å²) in [6, 6.07) is 0. The van der Waals surface area contributed by atoms with E-state index in [1.54, 1.807) is 0 Å². The molecule has 62 valence electrons. The van der Waals surface area contributed by atoms with Gasteiger partial charge in [0, 0.05) is 13.2 Å². The molecular formula is C9H16N2. The van der Waals surface area contributed by atoms with Gasteiger partial charge in [-0.25, -0.2) is 0 Å². The lowest BCUT2D eigenvalue weighted by Crippen LogP contribution is -2.00. The maximum atomic E-state index is 4.14. The summed E-state index contributed by atoms with van der Waals surface area (Å²) in [6.45, 7) is 6.71. The fourth-order valence-electron chi connectivity index (χ4n) is 1.06. The van der Waals surface area contributed by atoms with Crippen LogP contribution in [0.3, 0.4) is 0 Å². The maximum absolute atomic E-state index is 4.14. The molecule has 0 aliphatic carbocycles. The van der Waals surface area contributed by atoms with E-state index >= 15 is 0 Å². The summed E-state index contributed by atoms with van der Waals surface area (Å²) >= 11 is 0. The zero-order valence-corrected chi connectivity index (χ0v) is 7.70. The largest absolute Gasteiger partial charge is 0.276 e. The van der Waals surface area contributed by atoms with Crippen LogP contribution < -0.4 is 0 Å². The third-order valence-corrected chi connectivity index (χ3v) is 2.25. The molecule has 1 aromatic heterocycles. The van der Waals surface area contributed by atoms with Gasteiger partial charge >= 0.3 is 0 Å². The molecule has 1 atom stereocenters. The summed E-state index contributed by atoms with van der Waals surface area (Å²) in [5, 5.41) is 4.14. The molecule has 2 heteroatoms. The van der Waals surface area contributed by atoms with Crippen molar-refractivity contribution in [2.45, 2.75) is 26.7 Å². The zero-order chi connectivity index (χ0) is 8.43. The van der Waals surface area contributed by atoms with Crippen molar-refractivity contribution in [3.05, 3.63) is 18.0 Å². The van der Waals surface area contributed by atoms with Gasteiger partial charge in [0.05, 0.1) is 6.20 Å². The third-order valence-electron chi connectivity index (χ3n) is 2.25. The molecule has 11 heavy (non-hydrogen) atoms. The summed E-state index contributed by atoms with van der Waals surface area (Å²) in [7, 11) is 1.95. The van der Waals surface area contributed by atoms with Gasteiger partial charge in [0.25, 0.3) is 0 Å². The lowest BCUT2D eigenvalue weighted by molar-refractivity contribution is 0.534.